The first-order valence-corrected chi connectivity index (χ1v) is 15.6. The number of hydrogen-bond donors (Lipinski definition) is 1. The van der Waals surface area contributed by atoms with Gasteiger partial charge in [0.25, 0.3) is 5.56 Å². The fourth-order valence-corrected chi connectivity index (χ4v) is 6.08. The minimum Gasteiger partial charge on any atom is -0.504 e. The average Bonchev–Trinajstić information content (AvgIpc) is 3.33. The molecule has 1 aromatic heterocycles. The van der Waals surface area contributed by atoms with E-state index in [-0.39, 0.29) is 17.9 Å². The second-order valence-corrected chi connectivity index (χ2v) is 11.4. The van der Waals surface area contributed by atoms with Crippen LogP contribution in [0.4, 0.5) is 0 Å². The SMILES string of the molecule is CCCCCOc1ccc(C2C(C(=O)OCc3ccccc3)=C(C)N=c3sc(=Cc4ccc(O)c(OCC)c4)c(=O)n32)cc1. The normalized spacial score (nSPS) is 14.6. The van der Waals surface area contributed by atoms with Gasteiger partial charge in [-0.05, 0) is 67.3 Å². The molecule has 0 aliphatic carbocycles. The molecule has 1 N–H and O–H groups in total. The number of phenolic OH excluding ortho intramolecular Hbond substituents is 1. The lowest BCUT2D eigenvalue weighted by Gasteiger charge is -2.25. The van der Waals surface area contributed by atoms with E-state index < -0.39 is 12.0 Å². The summed E-state index contributed by atoms with van der Waals surface area (Å²) >= 11 is 1.24. The van der Waals surface area contributed by atoms with Crippen molar-refractivity contribution >= 4 is 23.4 Å². The quantitative estimate of drug-likeness (QED) is 0.164. The molecule has 5 rings (SSSR count). The Kier molecular flexibility index (Phi) is 9.96. The molecular weight excluding hydrogens is 576 g/mol. The molecule has 0 saturated heterocycles. The molecule has 3 aromatic carbocycles. The zero-order valence-corrected chi connectivity index (χ0v) is 25.9. The van der Waals surface area contributed by atoms with Crippen LogP contribution in [0.25, 0.3) is 6.08 Å². The number of hydrogen-bond acceptors (Lipinski definition) is 8. The highest BCUT2D eigenvalue weighted by Gasteiger charge is 2.33. The van der Waals surface area contributed by atoms with E-state index >= 15 is 0 Å². The second kappa shape index (κ2) is 14.2. The van der Waals surface area contributed by atoms with Crippen molar-refractivity contribution in [3.05, 3.63) is 120 Å². The molecule has 2 heterocycles. The van der Waals surface area contributed by atoms with Gasteiger partial charge in [-0.3, -0.25) is 9.36 Å². The van der Waals surface area contributed by atoms with Crippen LogP contribution in [-0.4, -0.2) is 28.9 Å². The summed E-state index contributed by atoms with van der Waals surface area (Å²) in [7, 11) is 0. The summed E-state index contributed by atoms with van der Waals surface area (Å²) in [6.07, 6.45) is 4.93. The lowest BCUT2D eigenvalue weighted by molar-refractivity contribution is -0.140. The molecular formula is C35H36N2O6S. The maximum atomic E-state index is 14.0. The third-order valence-corrected chi connectivity index (χ3v) is 8.23. The van der Waals surface area contributed by atoms with E-state index in [0.29, 0.717) is 45.1 Å². The van der Waals surface area contributed by atoms with Gasteiger partial charge >= 0.3 is 5.97 Å². The van der Waals surface area contributed by atoms with E-state index in [2.05, 4.69) is 11.9 Å². The number of thiazole rings is 1. The van der Waals surface area contributed by atoms with Crippen molar-refractivity contribution in [3.63, 3.8) is 0 Å². The van der Waals surface area contributed by atoms with Crippen LogP contribution in [0.1, 0.15) is 62.8 Å². The minimum atomic E-state index is -0.746. The highest BCUT2D eigenvalue weighted by Crippen LogP contribution is 2.32. The molecule has 0 fully saturated rings. The number of unbranched alkanes of at least 4 members (excludes halogenated alkanes) is 2. The number of nitrogens with zero attached hydrogens (tertiary/aromatic N) is 2. The van der Waals surface area contributed by atoms with E-state index in [9.17, 15) is 14.7 Å². The fraction of sp³-hybridized carbons (Fsp3) is 0.286. The number of esters is 1. The Balaban J connectivity index is 1.55. The van der Waals surface area contributed by atoms with Gasteiger partial charge in [0.2, 0.25) is 0 Å². The zero-order chi connectivity index (χ0) is 31.1. The third kappa shape index (κ3) is 6.94. The topological polar surface area (TPSA) is 99.4 Å². The number of carbonyl (C=O) groups is 1. The first-order chi connectivity index (χ1) is 21.4. The molecule has 0 saturated carbocycles. The van der Waals surface area contributed by atoms with Crippen molar-refractivity contribution in [1.29, 1.82) is 0 Å². The zero-order valence-electron chi connectivity index (χ0n) is 25.1. The van der Waals surface area contributed by atoms with Crippen LogP contribution in [0, 0.1) is 0 Å². The van der Waals surface area contributed by atoms with E-state index in [4.69, 9.17) is 14.2 Å². The number of ether oxygens (including phenoxy) is 3. The molecule has 0 spiro atoms. The summed E-state index contributed by atoms with van der Waals surface area (Å²) in [6.45, 7) is 6.87. The van der Waals surface area contributed by atoms with Gasteiger partial charge in [-0.2, -0.15) is 0 Å². The summed E-state index contributed by atoms with van der Waals surface area (Å²) in [4.78, 5) is 32.8. The Bertz CT molecular complexity index is 1820. The summed E-state index contributed by atoms with van der Waals surface area (Å²) in [5, 5.41) is 10.1. The molecule has 1 aliphatic rings. The van der Waals surface area contributed by atoms with Crippen molar-refractivity contribution < 1.29 is 24.1 Å². The molecule has 9 heteroatoms. The van der Waals surface area contributed by atoms with Crippen LogP contribution in [0.3, 0.4) is 0 Å². The van der Waals surface area contributed by atoms with Gasteiger partial charge in [0.15, 0.2) is 16.3 Å². The van der Waals surface area contributed by atoms with Gasteiger partial charge < -0.3 is 19.3 Å². The van der Waals surface area contributed by atoms with Gasteiger partial charge in [-0.1, -0.05) is 79.6 Å². The summed E-state index contributed by atoms with van der Waals surface area (Å²) in [6, 6.07) is 21.1. The number of carbonyl (C=O) groups excluding carboxylic acids is 1. The highest BCUT2D eigenvalue weighted by molar-refractivity contribution is 7.07. The van der Waals surface area contributed by atoms with E-state index in [0.717, 1.165) is 36.1 Å². The van der Waals surface area contributed by atoms with Crippen molar-refractivity contribution in [3.8, 4) is 17.2 Å². The maximum absolute atomic E-state index is 14.0. The van der Waals surface area contributed by atoms with Crippen molar-refractivity contribution in [2.75, 3.05) is 13.2 Å². The first-order valence-electron chi connectivity index (χ1n) is 14.8. The van der Waals surface area contributed by atoms with E-state index in [1.165, 1.54) is 17.4 Å². The summed E-state index contributed by atoms with van der Waals surface area (Å²) in [5.74, 6) is 0.554. The lowest BCUT2D eigenvalue weighted by Crippen LogP contribution is -2.39. The molecule has 1 aliphatic heterocycles. The average molecular weight is 613 g/mol. The van der Waals surface area contributed by atoms with Crippen molar-refractivity contribution in [2.45, 2.75) is 52.7 Å². The number of phenols is 1. The molecule has 1 unspecified atom stereocenters. The minimum absolute atomic E-state index is 0.0255. The largest absolute Gasteiger partial charge is 0.504 e. The maximum Gasteiger partial charge on any atom is 0.338 e. The highest BCUT2D eigenvalue weighted by atomic mass is 32.1. The number of benzene rings is 3. The van der Waals surface area contributed by atoms with Crippen LogP contribution >= 0.6 is 11.3 Å². The van der Waals surface area contributed by atoms with Crippen LogP contribution in [0.5, 0.6) is 17.2 Å². The van der Waals surface area contributed by atoms with Crippen LogP contribution in [-0.2, 0) is 16.1 Å². The number of rotatable bonds is 12. The summed E-state index contributed by atoms with van der Waals surface area (Å²) < 4.78 is 19.2. The van der Waals surface area contributed by atoms with Crippen LogP contribution < -0.4 is 24.4 Å². The monoisotopic (exact) mass is 612 g/mol. The fourth-order valence-electron chi connectivity index (χ4n) is 5.03. The van der Waals surface area contributed by atoms with Crippen molar-refractivity contribution in [2.24, 2.45) is 4.99 Å². The number of aromatic hydroxyl groups is 1. The van der Waals surface area contributed by atoms with Gasteiger partial charge in [0.1, 0.15) is 12.4 Å². The van der Waals surface area contributed by atoms with Gasteiger partial charge in [-0.15, -0.1) is 0 Å². The molecule has 0 bridgehead atoms. The molecule has 1 atom stereocenters. The molecule has 0 amide bonds. The smallest absolute Gasteiger partial charge is 0.338 e. The molecule has 0 radical (unpaired) electrons. The Labute approximate surface area is 260 Å². The predicted octanol–water partition coefficient (Wildman–Crippen LogP) is 5.65. The standard InChI is InChI=1S/C35H36N2O6S/c1-4-6-10-19-42-27-16-14-26(15-17-27)32-31(34(40)43-22-24-11-8-7-9-12-24)23(3)36-35-37(32)33(39)30(44-35)21-25-13-18-28(38)29(20-25)41-5-2/h7-9,11-18,20-21,32,38H,4-6,10,19,22H2,1-3H3. The van der Waals surface area contributed by atoms with E-state index in [1.54, 1.807) is 29.7 Å². The summed E-state index contributed by atoms with van der Waals surface area (Å²) in [5.41, 5.74) is 2.80. The number of allylic oxidation sites excluding steroid dienone is 1. The third-order valence-electron chi connectivity index (χ3n) is 7.25. The van der Waals surface area contributed by atoms with Crippen LogP contribution in [0.2, 0.25) is 0 Å². The molecule has 44 heavy (non-hydrogen) atoms. The Hall–Kier alpha value is -4.63. The Morgan fingerprint density at radius 2 is 1.80 bits per heavy atom. The number of fused-ring (bicyclic) bond motifs is 1. The number of aromatic nitrogens is 1. The Morgan fingerprint density at radius 3 is 2.52 bits per heavy atom. The predicted molar refractivity (Wildman–Crippen MR) is 171 cm³/mol. The van der Waals surface area contributed by atoms with Crippen molar-refractivity contribution in [1.82, 2.24) is 4.57 Å². The van der Waals surface area contributed by atoms with Gasteiger partial charge in [0.05, 0.1) is 35.1 Å². The first kappa shape index (κ1) is 30.8. The van der Waals surface area contributed by atoms with E-state index in [1.807, 2.05) is 61.5 Å². The Morgan fingerprint density at radius 1 is 1.02 bits per heavy atom. The second-order valence-electron chi connectivity index (χ2n) is 10.4. The van der Waals surface area contributed by atoms with Gasteiger partial charge in [0, 0.05) is 0 Å². The molecule has 8 nitrogen and oxygen atoms in total. The molecule has 228 valence electrons. The lowest BCUT2D eigenvalue weighted by atomic mass is 9.96. The molecule has 4 aromatic rings. The van der Waals surface area contributed by atoms with Gasteiger partial charge in [-0.25, -0.2) is 9.79 Å². The van der Waals surface area contributed by atoms with Crippen LogP contribution in [0.15, 0.2) is 93.9 Å².